The quantitative estimate of drug-likeness (QED) is 0.850. The van der Waals surface area contributed by atoms with Crippen LogP contribution in [-0.4, -0.2) is 11.5 Å². The number of nitrogens with zero attached hydrogens (tertiary/aromatic N) is 1. The van der Waals surface area contributed by atoms with E-state index in [4.69, 9.17) is 0 Å². The molecule has 0 aromatic carbocycles. The van der Waals surface area contributed by atoms with Crippen molar-refractivity contribution < 1.29 is 0 Å². The van der Waals surface area contributed by atoms with E-state index in [0.29, 0.717) is 11.5 Å². The van der Waals surface area contributed by atoms with E-state index in [1.54, 1.807) is 11.3 Å². The Labute approximate surface area is 120 Å². The summed E-state index contributed by atoms with van der Waals surface area (Å²) in [6.45, 7) is 10.1. The lowest BCUT2D eigenvalue weighted by atomic mass is 9.87. The smallest absolute Gasteiger partial charge is 0.0809 e. The molecule has 0 bridgehead atoms. The SMILES string of the molecule is CCNC(CCC(C)(C)C)c1cnc2ccsc2c1. The first kappa shape index (κ1) is 14.5. The first-order valence-electron chi connectivity index (χ1n) is 7.06. The number of rotatable bonds is 5. The molecular weight excluding hydrogens is 252 g/mol. The lowest BCUT2D eigenvalue weighted by molar-refractivity contribution is 0.333. The second-order valence-electron chi connectivity index (χ2n) is 6.28. The second kappa shape index (κ2) is 6.02. The van der Waals surface area contributed by atoms with Crippen molar-refractivity contribution in [3.8, 4) is 0 Å². The molecule has 0 radical (unpaired) electrons. The van der Waals surface area contributed by atoms with Gasteiger partial charge in [0.15, 0.2) is 0 Å². The van der Waals surface area contributed by atoms with Crippen LogP contribution in [0.2, 0.25) is 0 Å². The zero-order valence-corrected chi connectivity index (χ0v) is 13.2. The Morgan fingerprint density at radius 2 is 2.16 bits per heavy atom. The molecule has 104 valence electrons. The van der Waals surface area contributed by atoms with Crippen molar-refractivity contribution in [1.82, 2.24) is 10.3 Å². The summed E-state index contributed by atoms with van der Waals surface area (Å²) in [5.41, 5.74) is 2.81. The monoisotopic (exact) mass is 276 g/mol. The van der Waals surface area contributed by atoms with Gasteiger partial charge >= 0.3 is 0 Å². The molecule has 2 nitrogen and oxygen atoms in total. The average molecular weight is 276 g/mol. The van der Waals surface area contributed by atoms with Gasteiger partial charge in [0.25, 0.3) is 0 Å². The van der Waals surface area contributed by atoms with Crippen LogP contribution in [0.15, 0.2) is 23.7 Å². The Morgan fingerprint density at radius 1 is 1.37 bits per heavy atom. The number of aromatic nitrogens is 1. The Balaban J connectivity index is 2.17. The van der Waals surface area contributed by atoms with E-state index < -0.39 is 0 Å². The number of pyridine rings is 1. The minimum absolute atomic E-state index is 0.383. The van der Waals surface area contributed by atoms with E-state index >= 15 is 0 Å². The van der Waals surface area contributed by atoms with Gasteiger partial charge in [-0.1, -0.05) is 27.7 Å². The first-order valence-corrected chi connectivity index (χ1v) is 7.94. The van der Waals surface area contributed by atoms with Crippen molar-refractivity contribution in [1.29, 1.82) is 0 Å². The Bertz CT molecular complexity index is 525. The highest BCUT2D eigenvalue weighted by molar-refractivity contribution is 7.17. The fraction of sp³-hybridized carbons (Fsp3) is 0.562. The third kappa shape index (κ3) is 4.02. The molecule has 0 saturated carbocycles. The van der Waals surface area contributed by atoms with Crippen LogP contribution in [-0.2, 0) is 0 Å². The number of hydrogen-bond donors (Lipinski definition) is 1. The van der Waals surface area contributed by atoms with Gasteiger partial charge in [-0.05, 0) is 47.9 Å². The minimum atomic E-state index is 0.383. The molecule has 2 rings (SSSR count). The molecule has 1 unspecified atom stereocenters. The Hall–Kier alpha value is -0.930. The molecule has 19 heavy (non-hydrogen) atoms. The minimum Gasteiger partial charge on any atom is -0.310 e. The summed E-state index contributed by atoms with van der Waals surface area (Å²) in [5.74, 6) is 0. The van der Waals surface area contributed by atoms with E-state index in [-0.39, 0.29) is 0 Å². The summed E-state index contributed by atoms with van der Waals surface area (Å²) in [6.07, 6.45) is 4.41. The van der Waals surface area contributed by atoms with Gasteiger partial charge in [-0.15, -0.1) is 11.3 Å². The van der Waals surface area contributed by atoms with Crippen molar-refractivity contribution >= 4 is 21.6 Å². The Morgan fingerprint density at radius 3 is 2.84 bits per heavy atom. The third-order valence-corrected chi connectivity index (χ3v) is 4.21. The molecular formula is C16H24N2S. The van der Waals surface area contributed by atoms with Crippen LogP contribution in [0.4, 0.5) is 0 Å². The lowest BCUT2D eigenvalue weighted by Gasteiger charge is -2.24. The fourth-order valence-electron chi connectivity index (χ4n) is 2.26. The van der Waals surface area contributed by atoms with Crippen molar-refractivity contribution in [3.05, 3.63) is 29.3 Å². The van der Waals surface area contributed by atoms with E-state index in [9.17, 15) is 0 Å². The molecule has 0 aliphatic carbocycles. The van der Waals surface area contributed by atoms with E-state index in [2.05, 4.69) is 55.5 Å². The first-order chi connectivity index (χ1) is 8.99. The maximum atomic E-state index is 4.56. The predicted octanol–water partition coefficient (Wildman–Crippen LogP) is 4.77. The van der Waals surface area contributed by atoms with Crippen molar-refractivity contribution in [3.63, 3.8) is 0 Å². The van der Waals surface area contributed by atoms with Crippen LogP contribution in [0, 0.1) is 5.41 Å². The number of fused-ring (bicyclic) bond motifs is 1. The topological polar surface area (TPSA) is 24.9 Å². The van der Waals surface area contributed by atoms with Gasteiger partial charge in [0, 0.05) is 12.2 Å². The average Bonchev–Trinajstić information content (AvgIpc) is 2.80. The number of thiophene rings is 1. The van der Waals surface area contributed by atoms with Gasteiger partial charge in [0.1, 0.15) is 0 Å². The summed E-state index contributed by atoms with van der Waals surface area (Å²) in [5, 5.41) is 5.70. The summed E-state index contributed by atoms with van der Waals surface area (Å²) in [7, 11) is 0. The standard InChI is InChI=1S/C16H24N2S/c1-5-17-13(6-8-16(2,3)4)12-10-15-14(18-11-12)7-9-19-15/h7,9-11,13,17H,5-6,8H2,1-4H3. The summed E-state index contributed by atoms with van der Waals surface area (Å²) >= 11 is 1.77. The van der Waals surface area contributed by atoms with Gasteiger partial charge in [0.2, 0.25) is 0 Å². The van der Waals surface area contributed by atoms with Crippen LogP contribution >= 0.6 is 11.3 Å². The molecule has 2 aromatic rings. The van der Waals surface area contributed by atoms with E-state index in [1.807, 2.05) is 6.20 Å². The summed E-state index contributed by atoms with van der Waals surface area (Å²) in [4.78, 5) is 4.56. The molecule has 3 heteroatoms. The molecule has 0 amide bonds. The second-order valence-corrected chi connectivity index (χ2v) is 7.23. The maximum absolute atomic E-state index is 4.56. The fourth-order valence-corrected chi connectivity index (χ4v) is 3.05. The van der Waals surface area contributed by atoms with Crippen molar-refractivity contribution in [2.45, 2.75) is 46.6 Å². The molecule has 1 atom stereocenters. The highest BCUT2D eigenvalue weighted by Crippen LogP contribution is 2.29. The van der Waals surface area contributed by atoms with Crippen LogP contribution < -0.4 is 5.32 Å². The zero-order valence-electron chi connectivity index (χ0n) is 12.4. The van der Waals surface area contributed by atoms with E-state index in [0.717, 1.165) is 18.5 Å². The molecule has 1 N–H and O–H groups in total. The molecule has 0 fully saturated rings. The largest absolute Gasteiger partial charge is 0.310 e. The summed E-state index contributed by atoms with van der Waals surface area (Å²) < 4.78 is 1.29. The van der Waals surface area contributed by atoms with Gasteiger partial charge in [-0.25, -0.2) is 0 Å². The predicted molar refractivity (Wildman–Crippen MR) is 84.7 cm³/mol. The highest BCUT2D eigenvalue weighted by atomic mass is 32.1. The molecule has 2 aromatic heterocycles. The molecule has 2 heterocycles. The van der Waals surface area contributed by atoms with Crippen molar-refractivity contribution in [2.75, 3.05) is 6.54 Å². The third-order valence-electron chi connectivity index (χ3n) is 3.36. The lowest BCUT2D eigenvalue weighted by Crippen LogP contribution is -2.22. The van der Waals surface area contributed by atoms with Gasteiger partial charge in [0.05, 0.1) is 10.2 Å². The molecule has 0 aliphatic rings. The maximum Gasteiger partial charge on any atom is 0.0809 e. The normalized spacial score (nSPS) is 13.9. The van der Waals surface area contributed by atoms with Crippen LogP contribution in [0.5, 0.6) is 0 Å². The molecule has 0 saturated heterocycles. The van der Waals surface area contributed by atoms with E-state index in [1.165, 1.54) is 16.7 Å². The van der Waals surface area contributed by atoms with Gasteiger partial charge < -0.3 is 5.32 Å². The zero-order chi connectivity index (χ0) is 13.9. The van der Waals surface area contributed by atoms with Crippen LogP contribution in [0.25, 0.3) is 10.2 Å². The molecule has 0 spiro atoms. The van der Waals surface area contributed by atoms with Gasteiger partial charge in [-0.3, -0.25) is 4.98 Å². The van der Waals surface area contributed by atoms with Crippen LogP contribution in [0.3, 0.4) is 0 Å². The van der Waals surface area contributed by atoms with Gasteiger partial charge in [-0.2, -0.15) is 0 Å². The molecule has 0 aliphatic heterocycles. The summed E-state index contributed by atoms with van der Waals surface area (Å²) in [6, 6.07) is 4.80. The van der Waals surface area contributed by atoms with Crippen molar-refractivity contribution in [2.24, 2.45) is 5.41 Å². The number of nitrogens with one attached hydrogen (secondary N) is 1. The highest BCUT2D eigenvalue weighted by Gasteiger charge is 2.17. The number of hydrogen-bond acceptors (Lipinski definition) is 3. The van der Waals surface area contributed by atoms with Crippen LogP contribution in [0.1, 0.15) is 52.1 Å². The Kier molecular flexibility index (Phi) is 4.58.